The zero-order valence-electron chi connectivity index (χ0n) is 29.1. The fourth-order valence-corrected chi connectivity index (χ4v) is 5.68. The van der Waals surface area contributed by atoms with Gasteiger partial charge in [0.25, 0.3) is 0 Å². The molecule has 0 aromatic heterocycles. The molecule has 1 fully saturated rings. The first kappa shape index (κ1) is 42.7. The van der Waals surface area contributed by atoms with Crippen LogP contribution in [0.2, 0.25) is 0 Å². The number of nitrogens with one attached hydrogen (secondary N) is 1. The van der Waals surface area contributed by atoms with Crippen LogP contribution in [0.5, 0.6) is 0 Å². The summed E-state index contributed by atoms with van der Waals surface area (Å²) in [6.07, 6.45) is 24.1. The molecule has 1 rings (SSSR count). The SMILES string of the molecule is CCCCC/C=C/C(O)C(COC1OC(CO)C(O)C(O)C1O)NC(=O)CCCCCCCCC/C=C\CCCCCCCCC. The van der Waals surface area contributed by atoms with E-state index < -0.39 is 49.5 Å². The number of hydrogen-bond acceptors (Lipinski definition) is 8. The number of aliphatic hydroxyl groups is 5. The van der Waals surface area contributed by atoms with Crippen LogP contribution in [-0.4, -0.2) is 87.5 Å². The molecule has 9 nitrogen and oxygen atoms in total. The van der Waals surface area contributed by atoms with Crippen LogP contribution in [0.1, 0.15) is 149 Å². The molecule has 46 heavy (non-hydrogen) atoms. The van der Waals surface area contributed by atoms with Crippen LogP contribution in [0.15, 0.2) is 24.3 Å². The maximum atomic E-state index is 12.8. The highest BCUT2D eigenvalue weighted by atomic mass is 16.7. The molecule has 1 aliphatic rings. The lowest BCUT2D eigenvalue weighted by Gasteiger charge is -2.40. The Balaban J connectivity index is 2.30. The Kier molecular flexibility index (Phi) is 26.6. The topological polar surface area (TPSA) is 149 Å². The minimum absolute atomic E-state index is 0.191. The van der Waals surface area contributed by atoms with Gasteiger partial charge in [0, 0.05) is 6.42 Å². The number of ether oxygens (including phenoxy) is 2. The van der Waals surface area contributed by atoms with E-state index in [1.165, 1.54) is 77.0 Å². The molecule has 0 aromatic carbocycles. The van der Waals surface area contributed by atoms with Gasteiger partial charge in [-0.05, 0) is 44.9 Å². The van der Waals surface area contributed by atoms with E-state index in [2.05, 4.69) is 31.3 Å². The highest BCUT2D eigenvalue weighted by molar-refractivity contribution is 5.76. The summed E-state index contributed by atoms with van der Waals surface area (Å²) < 4.78 is 11.1. The molecule has 7 unspecified atom stereocenters. The van der Waals surface area contributed by atoms with Gasteiger partial charge in [0.15, 0.2) is 6.29 Å². The van der Waals surface area contributed by atoms with E-state index in [1.54, 1.807) is 6.08 Å². The third-order valence-electron chi connectivity index (χ3n) is 8.77. The van der Waals surface area contributed by atoms with Crippen molar-refractivity contribution in [3.63, 3.8) is 0 Å². The molecule has 1 aliphatic heterocycles. The second-order valence-electron chi connectivity index (χ2n) is 13.0. The Morgan fingerprint density at radius 2 is 1.22 bits per heavy atom. The lowest BCUT2D eigenvalue weighted by molar-refractivity contribution is -0.302. The Morgan fingerprint density at radius 1 is 0.717 bits per heavy atom. The van der Waals surface area contributed by atoms with Crippen molar-refractivity contribution in [3.05, 3.63) is 24.3 Å². The number of unbranched alkanes of at least 4 members (excludes halogenated alkanes) is 17. The predicted molar refractivity (Wildman–Crippen MR) is 184 cm³/mol. The minimum Gasteiger partial charge on any atom is -0.394 e. The number of carbonyl (C=O) groups excluding carboxylic acids is 1. The number of hydrogen-bond donors (Lipinski definition) is 6. The maximum Gasteiger partial charge on any atom is 0.220 e. The molecule has 0 saturated carbocycles. The van der Waals surface area contributed by atoms with Gasteiger partial charge in [-0.1, -0.05) is 122 Å². The largest absolute Gasteiger partial charge is 0.394 e. The average Bonchev–Trinajstić information content (AvgIpc) is 3.05. The molecule has 7 atom stereocenters. The molecular weight excluding hydrogens is 586 g/mol. The molecule has 1 saturated heterocycles. The van der Waals surface area contributed by atoms with Gasteiger partial charge in [0.1, 0.15) is 24.4 Å². The summed E-state index contributed by atoms with van der Waals surface area (Å²) in [5, 5.41) is 53.4. The van der Waals surface area contributed by atoms with Crippen LogP contribution in [-0.2, 0) is 14.3 Å². The Hall–Kier alpha value is -1.33. The molecule has 1 amide bonds. The van der Waals surface area contributed by atoms with Crippen LogP contribution in [0.25, 0.3) is 0 Å². The fraction of sp³-hybridized carbons (Fsp3) is 0.865. The van der Waals surface area contributed by atoms with Crippen molar-refractivity contribution in [1.29, 1.82) is 0 Å². The van der Waals surface area contributed by atoms with E-state index in [4.69, 9.17) is 9.47 Å². The monoisotopic (exact) mass is 656 g/mol. The van der Waals surface area contributed by atoms with Crippen LogP contribution >= 0.6 is 0 Å². The van der Waals surface area contributed by atoms with E-state index in [0.717, 1.165) is 51.4 Å². The van der Waals surface area contributed by atoms with E-state index in [0.29, 0.717) is 6.42 Å². The van der Waals surface area contributed by atoms with Crippen molar-refractivity contribution < 1.29 is 39.8 Å². The Bertz CT molecular complexity index is 776. The van der Waals surface area contributed by atoms with Crippen molar-refractivity contribution in [3.8, 4) is 0 Å². The smallest absolute Gasteiger partial charge is 0.220 e. The second-order valence-corrected chi connectivity index (χ2v) is 13.0. The zero-order chi connectivity index (χ0) is 33.8. The quantitative estimate of drug-likeness (QED) is 0.0425. The number of rotatable bonds is 29. The van der Waals surface area contributed by atoms with Gasteiger partial charge in [0.05, 0.1) is 25.4 Å². The molecule has 0 radical (unpaired) electrons. The summed E-state index contributed by atoms with van der Waals surface area (Å²) in [7, 11) is 0. The summed E-state index contributed by atoms with van der Waals surface area (Å²) in [5.74, 6) is -0.191. The summed E-state index contributed by atoms with van der Waals surface area (Å²) in [4.78, 5) is 12.8. The fourth-order valence-electron chi connectivity index (χ4n) is 5.68. The number of amides is 1. The summed E-state index contributed by atoms with van der Waals surface area (Å²) in [5.41, 5.74) is 0. The third-order valence-corrected chi connectivity index (χ3v) is 8.77. The number of aliphatic hydroxyl groups excluding tert-OH is 5. The van der Waals surface area contributed by atoms with Gasteiger partial charge in [-0.15, -0.1) is 0 Å². The van der Waals surface area contributed by atoms with E-state index in [-0.39, 0.29) is 12.5 Å². The van der Waals surface area contributed by atoms with Crippen molar-refractivity contribution in [1.82, 2.24) is 5.32 Å². The third kappa shape index (κ3) is 20.1. The first-order valence-corrected chi connectivity index (χ1v) is 18.6. The van der Waals surface area contributed by atoms with Crippen LogP contribution in [0.4, 0.5) is 0 Å². The van der Waals surface area contributed by atoms with Gasteiger partial charge in [-0.25, -0.2) is 0 Å². The Labute approximate surface area is 279 Å². The first-order valence-electron chi connectivity index (χ1n) is 18.6. The molecule has 0 bridgehead atoms. The zero-order valence-corrected chi connectivity index (χ0v) is 29.1. The molecule has 0 aliphatic carbocycles. The number of allylic oxidation sites excluding steroid dienone is 3. The summed E-state index contributed by atoms with van der Waals surface area (Å²) in [6, 6.07) is -0.799. The lowest BCUT2D eigenvalue weighted by atomic mass is 9.99. The summed E-state index contributed by atoms with van der Waals surface area (Å²) >= 11 is 0. The van der Waals surface area contributed by atoms with Crippen molar-refractivity contribution in [2.75, 3.05) is 13.2 Å². The van der Waals surface area contributed by atoms with Gasteiger partial charge < -0.3 is 40.3 Å². The van der Waals surface area contributed by atoms with Crippen LogP contribution in [0, 0.1) is 0 Å². The van der Waals surface area contributed by atoms with E-state index in [9.17, 15) is 30.3 Å². The van der Waals surface area contributed by atoms with E-state index >= 15 is 0 Å². The van der Waals surface area contributed by atoms with Gasteiger partial charge >= 0.3 is 0 Å². The van der Waals surface area contributed by atoms with Crippen molar-refractivity contribution in [2.24, 2.45) is 0 Å². The van der Waals surface area contributed by atoms with E-state index in [1.807, 2.05) is 6.08 Å². The first-order chi connectivity index (χ1) is 22.3. The molecular formula is C37H69NO8. The maximum absolute atomic E-state index is 12.8. The highest BCUT2D eigenvalue weighted by Crippen LogP contribution is 2.22. The Morgan fingerprint density at radius 3 is 1.80 bits per heavy atom. The predicted octanol–water partition coefficient (Wildman–Crippen LogP) is 5.99. The van der Waals surface area contributed by atoms with Gasteiger partial charge in [-0.2, -0.15) is 0 Å². The van der Waals surface area contributed by atoms with Gasteiger partial charge in [0.2, 0.25) is 5.91 Å². The lowest BCUT2D eigenvalue weighted by Crippen LogP contribution is -2.60. The standard InChI is InChI=1S/C37H69NO8/c1-3-5-7-9-10-11-12-13-14-15-16-17-18-19-20-21-23-25-27-33(41)38-30(31(40)26-24-22-8-6-4-2)29-45-37-36(44)35(43)34(42)32(28-39)46-37/h14-15,24,26,30-32,34-37,39-40,42-44H,3-13,16-23,25,27-29H2,1-2H3,(H,38,41)/b15-14-,26-24+. The normalized spacial score (nSPS) is 23.3. The average molecular weight is 656 g/mol. The molecule has 6 N–H and O–H groups in total. The molecule has 0 spiro atoms. The molecule has 0 aromatic rings. The van der Waals surface area contributed by atoms with Crippen LogP contribution < -0.4 is 5.32 Å². The van der Waals surface area contributed by atoms with Gasteiger partial charge in [-0.3, -0.25) is 4.79 Å². The molecule has 9 heteroatoms. The van der Waals surface area contributed by atoms with Crippen molar-refractivity contribution in [2.45, 2.75) is 192 Å². The molecule has 270 valence electrons. The number of carbonyl (C=O) groups is 1. The molecule has 1 heterocycles. The highest BCUT2D eigenvalue weighted by Gasteiger charge is 2.44. The van der Waals surface area contributed by atoms with Crippen LogP contribution in [0.3, 0.4) is 0 Å². The second kappa shape index (κ2) is 28.7. The summed E-state index contributed by atoms with van der Waals surface area (Å²) in [6.45, 7) is 3.63. The minimum atomic E-state index is -1.56. The van der Waals surface area contributed by atoms with Crippen molar-refractivity contribution >= 4 is 5.91 Å².